The summed E-state index contributed by atoms with van der Waals surface area (Å²) >= 11 is 0. The lowest BCUT2D eigenvalue weighted by Gasteiger charge is -2.23. The molecule has 0 amide bonds. The number of nitrogens with zero attached hydrogens (tertiary/aromatic N) is 1. The van der Waals surface area contributed by atoms with E-state index in [2.05, 4.69) is 33.0 Å². The Balaban J connectivity index is 2.98. The van der Waals surface area contributed by atoms with Crippen molar-refractivity contribution in [2.24, 2.45) is 11.8 Å². The first-order valence-electron chi connectivity index (χ1n) is 7.42. The smallest absolute Gasteiger partial charge is 0.296 e. The molecule has 0 heterocycles. The van der Waals surface area contributed by atoms with Crippen molar-refractivity contribution in [1.82, 2.24) is 0 Å². The van der Waals surface area contributed by atoms with Gasteiger partial charge in [-0.1, -0.05) is 27.7 Å². The van der Waals surface area contributed by atoms with E-state index < -0.39 is 0 Å². The highest BCUT2D eigenvalue weighted by Gasteiger charge is 2.19. The van der Waals surface area contributed by atoms with E-state index in [1.165, 1.54) is 13.2 Å². The zero-order valence-electron chi connectivity index (χ0n) is 13.6. The normalized spacial score (nSPS) is 11.2. The average Bonchev–Trinajstić information content (AvgIpc) is 2.37. The molecular formula is C16H26N2O3. The zero-order chi connectivity index (χ0) is 16.0. The van der Waals surface area contributed by atoms with Gasteiger partial charge in [0.1, 0.15) is 11.4 Å². The third-order valence-electron chi connectivity index (χ3n) is 3.27. The van der Waals surface area contributed by atoms with Crippen molar-refractivity contribution < 1.29 is 9.66 Å². The van der Waals surface area contributed by atoms with Crippen LogP contribution in [0, 0.1) is 22.0 Å². The number of hydrogen-bond donors (Lipinski definition) is 1. The molecule has 0 aromatic heterocycles. The van der Waals surface area contributed by atoms with Gasteiger partial charge < -0.3 is 10.1 Å². The Kier molecular flexibility index (Phi) is 6.46. The molecule has 1 rings (SSSR count). The number of nitrogens with one attached hydrogen (secondary N) is 1. The Bertz CT molecular complexity index is 463. The van der Waals surface area contributed by atoms with Crippen molar-refractivity contribution >= 4 is 11.4 Å². The standard InChI is InChI=1S/C16H26N2O3/c1-11(2)8-13(9-12(3)4)17-15-7-6-14(21-5)10-16(15)18(19)20/h6-7,10-13,17H,8-9H2,1-5H3. The summed E-state index contributed by atoms with van der Waals surface area (Å²) < 4.78 is 5.06. The minimum absolute atomic E-state index is 0.0619. The lowest BCUT2D eigenvalue weighted by Crippen LogP contribution is -2.24. The van der Waals surface area contributed by atoms with Crippen LogP contribution in [-0.2, 0) is 0 Å². The first-order chi connectivity index (χ1) is 9.83. The first kappa shape index (κ1) is 17.3. The Labute approximate surface area is 126 Å². The third-order valence-corrected chi connectivity index (χ3v) is 3.27. The summed E-state index contributed by atoms with van der Waals surface area (Å²) in [5.74, 6) is 1.58. The molecule has 5 heteroatoms. The van der Waals surface area contributed by atoms with Gasteiger partial charge in [-0.3, -0.25) is 10.1 Å². The molecule has 0 radical (unpaired) electrons. The maximum Gasteiger partial charge on any atom is 0.296 e. The number of nitro groups is 1. The minimum atomic E-state index is -0.368. The molecule has 1 N–H and O–H groups in total. The molecule has 0 saturated carbocycles. The van der Waals surface area contributed by atoms with Crippen molar-refractivity contribution in [3.05, 3.63) is 28.3 Å². The Morgan fingerprint density at radius 1 is 1.19 bits per heavy atom. The van der Waals surface area contributed by atoms with Crippen molar-refractivity contribution in [2.75, 3.05) is 12.4 Å². The molecule has 0 aliphatic rings. The van der Waals surface area contributed by atoms with Crippen LogP contribution in [0.5, 0.6) is 5.75 Å². The third kappa shape index (κ3) is 5.61. The summed E-state index contributed by atoms with van der Waals surface area (Å²) in [4.78, 5) is 10.9. The summed E-state index contributed by atoms with van der Waals surface area (Å²) in [7, 11) is 1.51. The molecule has 1 aromatic carbocycles. The Morgan fingerprint density at radius 3 is 2.19 bits per heavy atom. The van der Waals surface area contributed by atoms with Gasteiger partial charge in [0.15, 0.2) is 0 Å². The van der Waals surface area contributed by atoms with Crippen molar-refractivity contribution in [3.8, 4) is 5.75 Å². The predicted octanol–water partition coefficient (Wildman–Crippen LogP) is 4.48. The van der Waals surface area contributed by atoms with E-state index in [4.69, 9.17) is 4.74 Å². The fraction of sp³-hybridized carbons (Fsp3) is 0.625. The van der Waals surface area contributed by atoms with Crippen LogP contribution in [0.15, 0.2) is 18.2 Å². The van der Waals surface area contributed by atoms with Gasteiger partial charge in [0.05, 0.1) is 18.1 Å². The van der Waals surface area contributed by atoms with Gasteiger partial charge in [-0.2, -0.15) is 0 Å². The molecule has 0 bridgehead atoms. The number of rotatable bonds is 8. The van der Waals surface area contributed by atoms with Gasteiger partial charge in [-0.15, -0.1) is 0 Å². The molecule has 0 atom stereocenters. The lowest BCUT2D eigenvalue weighted by atomic mass is 9.95. The SMILES string of the molecule is COc1ccc(NC(CC(C)C)CC(C)C)c([N+](=O)[O-])c1. The van der Waals surface area contributed by atoms with E-state index in [9.17, 15) is 10.1 Å². The summed E-state index contributed by atoms with van der Waals surface area (Å²) in [6.45, 7) is 8.66. The molecular weight excluding hydrogens is 268 g/mol. The highest BCUT2D eigenvalue weighted by atomic mass is 16.6. The summed E-state index contributed by atoms with van der Waals surface area (Å²) in [6, 6.07) is 5.17. The molecule has 0 aliphatic heterocycles. The number of hydrogen-bond acceptors (Lipinski definition) is 4. The molecule has 118 valence electrons. The first-order valence-corrected chi connectivity index (χ1v) is 7.42. The summed E-state index contributed by atoms with van der Waals surface area (Å²) in [6.07, 6.45) is 1.97. The fourth-order valence-electron chi connectivity index (χ4n) is 2.48. The summed E-state index contributed by atoms with van der Waals surface area (Å²) in [5, 5.41) is 14.6. The second-order valence-electron chi connectivity index (χ2n) is 6.24. The van der Waals surface area contributed by atoms with Crippen molar-refractivity contribution in [2.45, 2.75) is 46.6 Å². The topological polar surface area (TPSA) is 64.4 Å². The van der Waals surface area contributed by atoms with Gasteiger partial charge in [0.25, 0.3) is 5.69 Å². The average molecular weight is 294 g/mol. The summed E-state index contributed by atoms with van der Waals surface area (Å²) in [5.41, 5.74) is 0.624. The molecule has 5 nitrogen and oxygen atoms in total. The highest BCUT2D eigenvalue weighted by molar-refractivity contribution is 5.64. The molecule has 0 saturated heterocycles. The molecule has 1 aromatic rings. The van der Waals surface area contributed by atoms with Gasteiger partial charge in [0.2, 0.25) is 0 Å². The molecule has 0 unspecified atom stereocenters. The van der Waals surface area contributed by atoms with Gasteiger partial charge >= 0.3 is 0 Å². The van der Waals surface area contributed by atoms with Crippen LogP contribution in [0.4, 0.5) is 11.4 Å². The van der Waals surface area contributed by atoms with E-state index in [0.29, 0.717) is 23.3 Å². The van der Waals surface area contributed by atoms with Crippen LogP contribution < -0.4 is 10.1 Å². The van der Waals surface area contributed by atoms with E-state index in [1.807, 2.05) is 0 Å². The van der Waals surface area contributed by atoms with Crippen LogP contribution in [-0.4, -0.2) is 18.1 Å². The van der Waals surface area contributed by atoms with Gasteiger partial charge in [-0.25, -0.2) is 0 Å². The van der Waals surface area contributed by atoms with Crippen LogP contribution in [0.3, 0.4) is 0 Å². The van der Waals surface area contributed by atoms with E-state index in [0.717, 1.165) is 12.8 Å². The van der Waals surface area contributed by atoms with Crippen LogP contribution in [0.25, 0.3) is 0 Å². The predicted molar refractivity (Wildman–Crippen MR) is 86.0 cm³/mol. The number of methoxy groups -OCH3 is 1. The Morgan fingerprint density at radius 2 is 1.76 bits per heavy atom. The van der Waals surface area contributed by atoms with Crippen LogP contribution in [0.2, 0.25) is 0 Å². The van der Waals surface area contributed by atoms with Crippen molar-refractivity contribution in [3.63, 3.8) is 0 Å². The maximum atomic E-state index is 11.2. The number of benzene rings is 1. The molecule has 0 spiro atoms. The van der Waals surface area contributed by atoms with Gasteiger partial charge in [-0.05, 0) is 36.8 Å². The van der Waals surface area contributed by atoms with E-state index in [-0.39, 0.29) is 16.7 Å². The number of nitro benzene ring substituents is 1. The monoisotopic (exact) mass is 294 g/mol. The maximum absolute atomic E-state index is 11.2. The van der Waals surface area contributed by atoms with Crippen molar-refractivity contribution in [1.29, 1.82) is 0 Å². The lowest BCUT2D eigenvalue weighted by molar-refractivity contribution is -0.384. The number of anilines is 1. The second-order valence-corrected chi connectivity index (χ2v) is 6.24. The van der Waals surface area contributed by atoms with Gasteiger partial charge in [0, 0.05) is 6.04 Å². The van der Waals surface area contributed by atoms with E-state index >= 15 is 0 Å². The minimum Gasteiger partial charge on any atom is -0.496 e. The molecule has 0 aliphatic carbocycles. The fourth-order valence-corrected chi connectivity index (χ4v) is 2.48. The van der Waals surface area contributed by atoms with Crippen LogP contribution >= 0.6 is 0 Å². The zero-order valence-corrected chi connectivity index (χ0v) is 13.6. The highest BCUT2D eigenvalue weighted by Crippen LogP contribution is 2.31. The van der Waals surface area contributed by atoms with E-state index in [1.54, 1.807) is 12.1 Å². The quantitative estimate of drug-likeness (QED) is 0.567. The molecule has 21 heavy (non-hydrogen) atoms. The second kappa shape index (κ2) is 7.86. The van der Waals surface area contributed by atoms with Crippen LogP contribution in [0.1, 0.15) is 40.5 Å². The Hall–Kier alpha value is -1.78. The largest absolute Gasteiger partial charge is 0.496 e. The number of ether oxygens (including phenoxy) is 1. The molecule has 0 fully saturated rings.